The highest BCUT2D eigenvalue weighted by Gasteiger charge is 2.13. The van der Waals surface area contributed by atoms with Gasteiger partial charge in [-0.05, 0) is 31.2 Å². The monoisotopic (exact) mass is 231 g/mol. The van der Waals surface area contributed by atoms with E-state index in [1.807, 2.05) is 6.29 Å². The van der Waals surface area contributed by atoms with Gasteiger partial charge in [-0.25, -0.2) is 0 Å². The largest absolute Gasteiger partial charge is 0.369 e. The summed E-state index contributed by atoms with van der Waals surface area (Å²) < 4.78 is 0. The summed E-state index contributed by atoms with van der Waals surface area (Å²) in [6, 6.07) is 8.55. The van der Waals surface area contributed by atoms with Crippen LogP contribution in [0.4, 0.5) is 5.69 Å². The molecule has 0 aromatic heterocycles. The molecule has 2 rings (SSSR count). The first-order chi connectivity index (χ1) is 8.29. The summed E-state index contributed by atoms with van der Waals surface area (Å²) in [5, 5.41) is 0. The summed E-state index contributed by atoms with van der Waals surface area (Å²) in [5.41, 5.74) is 2.50. The van der Waals surface area contributed by atoms with Crippen LogP contribution in [0, 0.1) is 0 Å². The first-order valence-corrected chi connectivity index (χ1v) is 6.17. The van der Waals surface area contributed by atoms with Gasteiger partial charge in [0.2, 0.25) is 0 Å². The molecule has 3 nitrogen and oxygen atoms in total. The quantitative estimate of drug-likeness (QED) is 0.784. The van der Waals surface area contributed by atoms with E-state index in [2.05, 4.69) is 41.1 Å². The van der Waals surface area contributed by atoms with E-state index < -0.39 is 0 Å². The van der Waals surface area contributed by atoms with Crippen molar-refractivity contribution >= 4 is 12.0 Å². The van der Waals surface area contributed by atoms with Crippen molar-refractivity contribution in [3.05, 3.63) is 29.8 Å². The number of hydrogen-bond acceptors (Lipinski definition) is 3. The second-order valence-electron chi connectivity index (χ2n) is 4.60. The van der Waals surface area contributed by atoms with Crippen LogP contribution < -0.4 is 4.90 Å². The molecule has 1 aliphatic rings. The van der Waals surface area contributed by atoms with Gasteiger partial charge in [-0.2, -0.15) is 0 Å². The minimum atomic E-state index is 0.494. The lowest BCUT2D eigenvalue weighted by atomic mass is 10.1. The fourth-order valence-electron chi connectivity index (χ4n) is 2.13. The number of rotatable bonds is 4. The Morgan fingerprint density at radius 1 is 1.12 bits per heavy atom. The standard InChI is InChI=1S/C14H19N2O/c1-15-8-10-16(11-9-15)14-6-4-13(5-7-14)3-2-12-17/h4-7H,2-3,8-11H2,1H3. The minimum Gasteiger partial charge on any atom is -0.369 e. The molecule has 0 saturated carbocycles. The molecule has 0 bridgehead atoms. The van der Waals surface area contributed by atoms with E-state index in [1.165, 1.54) is 11.3 Å². The van der Waals surface area contributed by atoms with E-state index in [9.17, 15) is 4.79 Å². The van der Waals surface area contributed by atoms with Gasteiger partial charge in [-0.3, -0.25) is 4.79 Å². The van der Waals surface area contributed by atoms with Gasteiger partial charge in [-0.1, -0.05) is 12.1 Å². The molecule has 91 valence electrons. The SMILES string of the molecule is CN1CCN(c2ccc(CC[C]=O)cc2)CC1. The van der Waals surface area contributed by atoms with Gasteiger partial charge in [0.05, 0.1) is 0 Å². The summed E-state index contributed by atoms with van der Waals surface area (Å²) in [5.74, 6) is 0. The average molecular weight is 231 g/mol. The maximum atomic E-state index is 10.2. The van der Waals surface area contributed by atoms with Crippen molar-refractivity contribution < 1.29 is 4.79 Å². The first kappa shape index (κ1) is 12.1. The van der Waals surface area contributed by atoms with Crippen molar-refractivity contribution in [1.82, 2.24) is 4.90 Å². The Balaban J connectivity index is 1.95. The molecule has 1 aliphatic heterocycles. The highest BCUT2D eigenvalue weighted by Crippen LogP contribution is 2.17. The molecule has 1 fully saturated rings. The van der Waals surface area contributed by atoms with Crippen molar-refractivity contribution in [1.29, 1.82) is 0 Å². The Kier molecular flexibility index (Phi) is 4.15. The number of aryl methyl sites for hydroxylation is 1. The fraction of sp³-hybridized carbons (Fsp3) is 0.500. The highest BCUT2D eigenvalue weighted by molar-refractivity contribution is 5.52. The average Bonchev–Trinajstić information content (AvgIpc) is 2.38. The Hall–Kier alpha value is -1.35. The van der Waals surface area contributed by atoms with E-state index in [0.717, 1.165) is 32.6 Å². The fourth-order valence-corrected chi connectivity index (χ4v) is 2.13. The van der Waals surface area contributed by atoms with Crippen LogP contribution >= 0.6 is 0 Å². The molecule has 0 amide bonds. The maximum absolute atomic E-state index is 10.2. The second kappa shape index (κ2) is 5.82. The van der Waals surface area contributed by atoms with Gasteiger partial charge in [0.15, 0.2) is 6.29 Å². The maximum Gasteiger partial charge on any atom is 0.198 e. The number of piperazine rings is 1. The third-order valence-corrected chi connectivity index (χ3v) is 3.32. The number of nitrogens with zero attached hydrogens (tertiary/aromatic N) is 2. The molecular formula is C14H19N2O. The van der Waals surface area contributed by atoms with Crippen molar-refractivity contribution in [2.24, 2.45) is 0 Å². The molecule has 17 heavy (non-hydrogen) atoms. The lowest BCUT2D eigenvalue weighted by molar-refractivity contribution is 0.313. The zero-order valence-corrected chi connectivity index (χ0v) is 10.4. The van der Waals surface area contributed by atoms with E-state index in [-0.39, 0.29) is 0 Å². The lowest BCUT2D eigenvalue weighted by Gasteiger charge is -2.34. The molecule has 3 heteroatoms. The van der Waals surface area contributed by atoms with E-state index in [4.69, 9.17) is 0 Å². The van der Waals surface area contributed by atoms with Gasteiger partial charge in [0.1, 0.15) is 0 Å². The Labute approximate surface area is 103 Å². The van der Waals surface area contributed by atoms with Crippen LogP contribution in [0.15, 0.2) is 24.3 Å². The molecule has 1 radical (unpaired) electrons. The van der Waals surface area contributed by atoms with Gasteiger partial charge >= 0.3 is 0 Å². The predicted molar refractivity (Wildman–Crippen MR) is 70.2 cm³/mol. The summed E-state index contributed by atoms with van der Waals surface area (Å²) in [4.78, 5) is 14.9. The van der Waals surface area contributed by atoms with Gasteiger partial charge in [0, 0.05) is 38.3 Å². The lowest BCUT2D eigenvalue weighted by Crippen LogP contribution is -2.44. The number of carbonyl (C=O) groups excluding carboxylic acids is 1. The van der Waals surface area contributed by atoms with E-state index in [0.29, 0.717) is 6.42 Å². The molecule has 1 saturated heterocycles. The summed E-state index contributed by atoms with van der Waals surface area (Å²) >= 11 is 0. The van der Waals surface area contributed by atoms with Crippen molar-refractivity contribution in [2.45, 2.75) is 12.8 Å². The molecule has 0 spiro atoms. The van der Waals surface area contributed by atoms with Crippen LogP contribution in [0.1, 0.15) is 12.0 Å². The van der Waals surface area contributed by atoms with Gasteiger partial charge in [0.25, 0.3) is 0 Å². The third kappa shape index (κ3) is 3.30. The van der Waals surface area contributed by atoms with Crippen molar-refractivity contribution in [2.75, 3.05) is 38.1 Å². The first-order valence-electron chi connectivity index (χ1n) is 6.17. The van der Waals surface area contributed by atoms with Crippen LogP contribution in [-0.2, 0) is 11.2 Å². The number of likely N-dealkylation sites (N-methyl/N-ethyl adjacent to an activating group) is 1. The molecule has 0 aliphatic carbocycles. The van der Waals surface area contributed by atoms with Gasteiger partial charge < -0.3 is 9.80 Å². The van der Waals surface area contributed by atoms with Crippen LogP contribution in [0.3, 0.4) is 0 Å². The zero-order chi connectivity index (χ0) is 12.1. The Morgan fingerprint density at radius 2 is 1.76 bits per heavy atom. The summed E-state index contributed by atoms with van der Waals surface area (Å²) in [7, 11) is 2.16. The highest BCUT2D eigenvalue weighted by atomic mass is 16.1. The molecule has 0 atom stereocenters. The predicted octanol–water partition coefficient (Wildman–Crippen LogP) is 1.48. The Morgan fingerprint density at radius 3 is 2.35 bits per heavy atom. The van der Waals surface area contributed by atoms with Crippen LogP contribution in [0.5, 0.6) is 0 Å². The molecule has 0 N–H and O–H groups in total. The molecule has 1 aromatic carbocycles. The van der Waals surface area contributed by atoms with Crippen LogP contribution in [0.25, 0.3) is 0 Å². The summed E-state index contributed by atoms with van der Waals surface area (Å²) in [6.07, 6.45) is 3.23. The summed E-state index contributed by atoms with van der Waals surface area (Å²) in [6.45, 7) is 4.44. The molecular weight excluding hydrogens is 212 g/mol. The van der Waals surface area contributed by atoms with Crippen molar-refractivity contribution in [3.63, 3.8) is 0 Å². The van der Waals surface area contributed by atoms with E-state index in [1.54, 1.807) is 0 Å². The number of anilines is 1. The van der Waals surface area contributed by atoms with Crippen LogP contribution in [-0.4, -0.2) is 44.4 Å². The van der Waals surface area contributed by atoms with Gasteiger partial charge in [-0.15, -0.1) is 0 Å². The minimum absolute atomic E-state index is 0.494. The molecule has 0 unspecified atom stereocenters. The third-order valence-electron chi connectivity index (χ3n) is 3.32. The van der Waals surface area contributed by atoms with Crippen LogP contribution in [0.2, 0.25) is 0 Å². The van der Waals surface area contributed by atoms with Crippen molar-refractivity contribution in [3.8, 4) is 0 Å². The second-order valence-corrected chi connectivity index (χ2v) is 4.60. The molecule has 1 heterocycles. The smallest absolute Gasteiger partial charge is 0.198 e. The number of benzene rings is 1. The normalized spacial score (nSPS) is 17.1. The zero-order valence-electron chi connectivity index (χ0n) is 10.4. The topological polar surface area (TPSA) is 23.6 Å². The van der Waals surface area contributed by atoms with E-state index >= 15 is 0 Å². The number of hydrogen-bond donors (Lipinski definition) is 0. The Bertz CT molecular complexity index is 353. The molecule has 1 aromatic rings.